The van der Waals surface area contributed by atoms with Crippen LogP contribution in [0.1, 0.15) is 24.8 Å². The summed E-state index contributed by atoms with van der Waals surface area (Å²) in [5.74, 6) is 0.194. The van der Waals surface area contributed by atoms with Crippen LogP contribution in [0, 0.1) is 11.7 Å². The molecule has 17 heavy (non-hydrogen) atoms. The molecule has 1 aliphatic rings. The van der Waals surface area contributed by atoms with Gasteiger partial charge in [-0.15, -0.1) is 11.6 Å². The SMILES string of the molecule is Fc1ccc(CNCC2CCCC2Cl)cc1Cl. The molecule has 94 valence electrons. The van der Waals surface area contributed by atoms with Crippen LogP contribution in [0.3, 0.4) is 0 Å². The average molecular weight is 276 g/mol. The first-order chi connectivity index (χ1) is 8.16. The Morgan fingerprint density at radius 2 is 2.18 bits per heavy atom. The summed E-state index contributed by atoms with van der Waals surface area (Å²) in [6.45, 7) is 1.63. The van der Waals surface area contributed by atoms with E-state index < -0.39 is 0 Å². The van der Waals surface area contributed by atoms with E-state index in [1.807, 2.05) is 0 Å². The number of benzene rings is 1. The predicted octanol–water partition coefficient (Wildman–Crippen LogP) is 3.98. The molecule has 2 atom stereocenters. The first kappa shape index (κ1) is 13.1. The molecule has 1 fully saturated rings. The minimum Gasteiger partial charge on any atom is -0.312 e. The van der Waals surface area contributed by atoms with Crippen molar-refractivity contribution in [2.24, 2.45) is 5.92 Å². The number of halogens is 3. The molecule has 2 rings (SSSR count). The van der Waals surface area contributed by atoms with E-state index in [-0.39, 0.29) is 10.8 Å². The molecule has 0 aromatic heterocycles. The summed E-state index contributed by atoms with van der Waals surface area (Å²) >= 11 is 11.9. The molecule has 2 unspecified atom stereocenters. The Balaban J connectivity index is 1.79. The summed E-state index contributed by atoms with van der Waals surface area (Å²) in [7, 11) is 0. The Bertz CT molecular complexity index is 384. The molecule has 1 aliphatic carbocycles. The molecular weight excluding hydrogens is 260 g/mol. The van der Waals surface area contributed by atoms with Gasteiger partial charge in [0.25, 0.3) is 0 Å². The van der Waals surface area contributed by atoms with Gasteiger partial charge in [-0.3, -0.25) is 0 Å². The van der Waals surface area contributed by atoms with Gasteiger partial charge < -0.3 is 5.32 Å². The monoisotopic (exact) mass is 275 g/mol. The minimum absolute atomic E-state index is 0.181. The Morgan fingerprint density at radius 1 is 1.35 bits per heavy atom. The second-order valence-corrected chi connectivity index (χ2v) is 5.55. The highest BCUT2D eigenvalue weighted by Crippen LogP contribution is 2.29. The van der Waals surface area contributed by atoms with Crippen molar-refractivity contribution in [3.63, 3.8) is 0 Å². The Morgan fingerprint density at radius 3 is 2.82 bits per heavy atom. The molecule has 1 nitrogen and oxygen atoms in total. The minimum atomic E-state index is -0.368. The van der Waals surface area contributed by atoms with Crippen LogP contribution in [0.25, 0.3) is 0 Å². The second kappa shape index (κ2) is 6.03. The van der Waals surface area contributed by atoms with Crippen molar-refractivity contribution in [1.29, 1.82) is 0 Å². The van der Waals surface area contributed by atoms with Gasteiger partial charge in [0.05, 0.1) is 5.02 Å². The number of alkyl halides is 1. The Labute approximate surface area is 111 Å². The molecule has 1 N–H and O–H groups in total. The van der Waals surface area contributed by atoms with E-state index in [0.717, 1.165) is 18.5 Å². The zero-order chi connectivity index (χ0) is 12.3. The van der Waals surface area contributed by atoms with Gasteiger partial charge in [0, 0.05) is 11.9 Å². The first-order valence-electron chi connectivity index (χ1n) is 5.95. The smallest absolute Gasteiger partial charge is 0.141 e. The average Bonchev–Trinajstić information content (AvgIpc) is 2.70. The maximum absolute atomic E-state index is 12.9. The highest BCUT2D eigenvalue weighted by atomic mass is 35.5. The fourth-order valence-electron chi connectivity index (χ4n) is 2.27. The highest BCUT2D eigenvalue weighted by molar-refractivity contribution is 6.30. The molecule has 0 spiro atoms. The third-order valence-electron chi connectivity index (χ3n) is 3.29. The van der Waals surface area contributed by atoms with Gasteiger partial charge in [-0.2, -0.15) is 0 Å². The molecule has 0 heterocycles. The summed E-state index contributed by atoms with van der Waals surface area (Å²) in [4.78, 5) is 0. The molecule has 0 saturated heterocycles. The topological polar surface area (TPSA) is 12.0 Å². The molecular formula is C13H16Cl2FN. The van der Waals surface area contributed by atoms with Gasteiger partial charge >= 0.3 is 0 Å². The fourth-order valence-corrected chi connectivity index (χ4v) is 2.85. The van der Waals surface area contributed by atoms with Gasteiger partial charge in [-0.05, 0) is 43.0 Å². The Kier molecular flexibility index (Phi) is 4.66. The molecule has 1 aromatic carbocycles. The zero-order valence-electron chi connectivity index (χ0n) is 9.56. The van der Waals surface area contributed by atoms with Crippen LogP contribution in [0.2, 0.25) is 5.02 Å². The van der Waals surface area contributed by atoms with Crippen molar-refractivity contribution in [3.05, 3.63) is 34.6 Å². The summed E-state index contributed by atoms with van der Waals surface area (Å²) in [5.41, 5.74) is 1.00. The van der Waals surface area contributed by atoms with E-state index in [1.54, 1.807) is 12.1 Å². The van der Waals surface area contributed by atoms with E-state index >= 15 is 0 Å². The van der Waals surface area contributed by atoms with Crippen molar-refractivity contribution in [1.82, 2.24) is 5.32 Å². The molecule has 4 heteroatoms. The van der Waals surface area contributed by atoms with Crippen molar-refractivity contribution in [3.8, 4) is 0 Å². The summed E-state index contributed by atoms with van der Waals surface area (Å²) in [6, 6.07) is 4.82. The number of rotatable bonds is 4. The highest BCUT2D eigenvalue weighted by Gasteiger charge is 2.24. The van der Waals surface area contributed by atoms with Crippen molar-refractivity contribution < 1.29 is 4.39 Å². The largest absolute Gasteiger partial charge is 0.312 e. The third kappa shape index (κ3) is 3.57. The van der Waals surface area contributed by atoms with Crippen LogP contribution in [0.4, 0.5) is 4.39 Å². The van der Waals surface area contributed by atoms with E-state index in [0.29, 0.717) is 17.8 Å². The third-order valence-corrected chi connectivity index (χ3v) is 4.15. The Hall–Kier alpha value is -0.310. The maximum atomic E-state index is 12.9. The summed E-state index contributed by atoms with van der Waals surface area (Å²) in [6.07, 6.45) is 3.55. The lowest BCUT2D eigenvalue weighted by molar-refractivity contribution is 0.493. The van der Waals surface area contributed by atoms with Gasteiger partial charge in [0.15, 0.2) is 0 Å². The standard InChI is InChI=1S/C13H16Cl2FN/c14-11-3-1-2-10(11)8-17-7-9-4-5-13(16)12(15)6-9/h4-6,10-11,17H,1-3,7-8H2. The second-order valence-electron chi connectivity index (χ2n) is 4.59. The molecule has 0 aliphatic heterocycles. The van der Waals surface area contributed by atoms with Crippen molar-refractivity contribution in [2.45, 2.75) is 31.2 Å². The quantitative estimate of drug-likeness (QED) is 0.820. The van der Waals surface area contributed by atoms with Crippen LogP contribution in [-0.2, 0) is 6.54 Å². The summed E-state index contributed by atoms with van der Waals surface area (Å²) in [5, 5.41) is 3.84. The number of nitrogens with one attached hydrogen (secondary N) is 1. The fraction of sp³-hybridized carbons (Fsp3) is 0.538. The molecule has 0 bridgehead atoms. The van der Waals surface area contributed by atoms with Gasteiger partial charge in [-0.25, -0.2) is 4.39 Å². The van der Waals surface area contributed by atoms with E-state index in [2.05, 4.69) is 5.32 Å². The van der Waals surface area contributed by atoms with Gasteiger partial charge in [-0.1, -0.05) is 24.1 Å². The van der Waals surface area contributed by atoms with Gasteiger partial charge in [0.1, 0.15) is 5.82 Å². The lowest BCUT2D eigenvalue weighted by Gasteiger charge is -2.14. The molecule has 1 aromatic rings. The van der Waals surface area contributed by atoms with Crippen LogP contribution in [0.15, 0.2) is 18.2 Å². The van der Waals surface area contributed by atoms with E-state index in [9.17, 15) is 4.39 Å². The van der Waals surface area contributed by atoms with Crippen LogP contribution < -0.4 is 5.32 Å². The lowest BCUT2D eigenvalue weighted by atomic mass is 10.1. The van der Waals surface area contributed by atoms with Crippen molar-refractivity contribution in [2.75, 3.05) is 6.54 Å². The van der Waals surface area contributed by atoms with E-state index in [1.165, 1.54) is 18.9 Å². The zero-order valence-corrected chi connectivity index (χ0v) is 11.1. The predicted molar refractivity (Wildman–Crippen MR) is 70.1 cm³/mol. The van der Waals surface area contributed by atoms with Crippen LogP contribution in [0.5, 0.6) is 0 Å². The number of hydrogen-bond acceptors (Lipinski definition) is 1. The molecule has 0 amide bonds. The molecule has 1 saturated carbocycles. The summed E-state index contributed by atoms with van der Waals surface area (Å²) < 4.78 is 12.9. The van der Waals surface area contributed by atoms with Crippen molar-refractivity contribution >= 4 is 23.2 Å². The first-order valence-corrected chi connectivity index (χ1v) is 6.77. The van der Waals surface area contributed by atoms with Gasteiger partial charge in [0.2, 0.25) is 0 Å². The van der Waals surface area contributed by atoms with E-state index in [4.69, 9.17) is 23.2 Å². The van der Waals surface area contributed by atoms with Crippen LogP contribution in [-0.4, -0.2) is 11.9 Å². The number of hydrogen-bond donors (Lipinski definition) is 1. The normalized spacial score (nSPS) is 24.2. The maximum Gasteiger partial charge on any atom is 0.141 e. The van der Waals surface area contributed by atoms with Crippen LogP contribution >= 0.6 is 23.2 Å². The molecule has 0 radical (unpaired) electrons. The lowest BCUT2D eigenvalue weighted by Crippen LogP contribution is -2.25.